The smallest absolute Gasteiger partial charge is 0.230 e. The van der Waals surface area contributed by atoms with E-state index in [-0.39, 0.29) is 18.0 Å². The van der Waals surface area contributed by atoms with Crippen LogP contribution in [-0.4, -0.2) is 41.2 Å². The number of nitrogens with one attached hydrogen (secondary N) is 1. The van der Waals surface area contributed by atoms with Gasteiger partial charge in [0.2, 0.25) is 5.91 Å². The number of aromatic nitrogens is 6. The lowest BCUT2D eigenvalue weighted by atomic mass is 10.1. The number of hydrogen-bond acceptors (Lipinski definition) is 6. The molecule has 0 aliphatic rings. The first kappa shape index (κ1) is 18.1. The molecule has 9 heteroatoms. The molecule has 0 spiro atoms. The molecule has 2 aromatic heterocycles. The van der Waals surface area contributed by atoms with Crippen LogP contribution in [0.3, 0.4) is 0 Å². The molecule has 0 aliphatic heterocycles. The van der Waals surface area contributed by atoms with Crippen molar-refractivity contribution in [3.05, 3.63) is 48.8 Å². The van der Waals surface area contributed by atoms with Crippen molar-refractivity contribution in [2.75, 3.05) is 5.75 Å². The minimum atomic E-state index is -0.0872. The predicted octanol–water partition coefficient (Wildman–Crippen LogP) is 2.41. The minimum absolute atomic E-state index is 0.0406. The Labute approximate surface area is 156 Å². The lowest BCUT2D eigenvalue weighted by Gasteiger charge is -2.15. The first-order chi connectivity index (χ1) is 12.5. The normalized spacial score (nSPS) is 12.3. The Kier molecular flexibility index (Phi) is 5.67. The Morgan fingerprint density at radius 2 is 1.96 bits per heavy atom. The number of benzene rings is 1. The fourth-order valence-corrected chi connectivity index (χ4v) is 3.30. The van der Waals surface area contributed by atoms with Crippen molar-refractivity contribution >= 4 is 17.7 Å². The van der Waals surface area contributed by atoms with E-state index in [1.807, 2.05) is 35.8 Å². The third-order valence-corrected chi connectivity index (χ3v) is 4.84. The fraction of sp³-hybridized carbons (Fsp3) is 0.353. The molecule has 0 radical (unpaired) electrons. The number of carbonyl (C=O) groups excluding carboxylic acids is 1. The number of hydrogen-bond donors (Lipinski definition) is 1. The van der Waals surface area contributed by atoms with Crippen LogP contribution in [0.25, 0.3) is 5.69 Å². The van der Waals surface area contributed by atoms with E-state index < -0.39 is 0 Å². The zero-order valence-electron chi connectivity index (χ0n) is 14.9. The maximum absolute atomic E-state index is 12.2. The largest absolute Gasteiger partial charge is 0.349 e. The van der Waals surface area contributed by atoms with Crippen molar-refractivity contribution in [3.63, 3.8) is 0 Å². The first-order valence-corrected chi connectivity index (χ1v) is 9.30. The molecule has 0 bridgehead atoms. The van der Waals surface area contributed by atoms with Crippen LogP contribution in [0.1, 0.15) is 38.4 Å². The molecule has 0 fully saturated rings. The van der Waals surface area contributed by atoms with Gasteiger partial charge < -0.3 is 9.88 Å². The van der Waals surface area contributed by atoms with Gasteiger partial charge in [0.15, 0.2) is 5.16 Å². The van der Waals surface area contributed by atoms with Crippen molar-refractivity contribution in [1.29, 1.82) is 0 Å². The highest BCUT2D eigenvalue weighted by atomic mass is 32.2. The molecule has 136 valence electrons. The van der Waals surface area contributed by atoms with E-state index >= 15 is 0 Å². The van der Waals surface area contributed by atoms with E-state index in [1.165, 1.54) is 18.1 Å². The second kappa shape index (κ2) is 8.13. The topological polar surface area (TPSA) is 90.5 Å². The summed E-state index contributed by atoms with van der Waals surface area (Å²) in [7, 11) is 0. The molecule has 1 atom stereocenters. The molecule has 26 heavy (non-hydrogen) atoms. The zero-order chi connectivity index (χ0) is 18.5. The maximum atomic E-state index is 12.2. The maximum Gasteiger partial charge on any atom is 0.230 e. The highest BCUT2D eigenvalue weighted by Gasteiger charge is 2.13. The van der Waals surface area contributed by atoms with Gasteiger partial charge in [0.05, 0.1) is 17.5 Å². The molecule has 1 aromatic carbocycles. The highest BCUT2D eigenvalue weighted by Crippen LogP contribution is 2.19. The van der Waals surface area contributed by atoms with Crippen molar-refractivity contribution < 1.29 is 4.79 Å². The minimum Gasteiger partial charge on any atom is -0.349 e. The van der Waals surface area contributed by atoms with Crippen LogP contribution in [0.4, 0.5) is 0 Å². The summed E-state index contributed by atoms with van der Waals surface area (Å²) in [5.74, 6) is 0.258. The molecule has 3 rings (SSSR count). The van der Waals surface area contributed by atoms with Gasteiger partial charge in [0.1, 0.15) is 19.0 Å². The van der Waals surface area contributed by atoms with Crippen molar-refractivity contribution in [2.24, 2.45) is 0 Å². The Morgan fingerprint density at radius 3 is 2.62 bits per heavy atom. The summed E-state index contributed by atoms with van der Waals surface area (Å²) in [6, 6.07) is 8.03. The van der Waals surface area contributed by atoms with Gasteiger partial charge in [0.25, 0.3) is 0 Å². The van der Waals surface area contributed by atoms with E-state index in [0.29, 0.717) is 5.75 Å². The van der Waals surface area contributed by atoms with Gasteiger partial charge >= 0.3 is 0 Å². The Morgan fingerprint density at radius 1 is 1.19 bits per heavy atom. The van der Waals surface area contributed by atoms with Crippen LogP contribution in [0.5, 0.6) is 0 Å². The van der Waals surface area contributed by atoms with Gasteiger partial charge in [-0.25, -0.2) is 9.67 Å². The van der Waals surface area contributed by atoms with Crippen LogP contribution in [0.15, 0.2) is 48.4 Å². The summed E-state index contributed by atoms with van der Waals surface area (Å²) in [6.45, 7) is 6.07. The van der Waals surface area contributed by atoms with Gasteiger partial charge in [-0.2, -0.15) is 5.10 Å². The highest BCUT2D eigenvalue weighted by molar-refractivity contribution is 7.99. The van der Waals surface area contributed by atoms with E-state index in [0.717, 1.165) is 16.4 Å². The molecule has 0 aliphatic carbocycles. The molecule has 8 nitrogen and oxygen atoms in total. The Bertz CT molecular complexity index is 842. The quantitative estimate of drug-likeness (QED) is 0.642. The second-order valence-corrected chi connectivity index (χ2v) is 7.07. The number of thioether (sulfide) groups is 1. The lowest BCUT2D eigenvalue weighted by Crippen LogP contribution is -2.28. The second-order valence-electron chi connectivity index (χ2n) is 6.12. The molecule has 3 aromatic rings. The standard InChI is InChI=1S/C17H21N7OS/c1-12(2)23-11-19-22-17(23)26-8-16(25)21-13(3)14-4-6-15(7-5-14)24-10-18-9-20-24/h4-7,9-13H,8H2,1-3H3,(H,21,25). The van der Waals surface area contributed by atoms with Crippen LogP contribution >= 0.6 is 11.8 Å². The number of nitrogens with zero attached hydrogens (tertiary/aromatic N) is 6. The SMILES string of the molecule is CC(NC(=O)CSc1nncn1C(C)C)c1ccc(-n2cncn2)cc1. The van der Waals surface area contributed by atoms with E-state index in [2.05, 4.69) is 39.4 Å². The molecule has 1 N–H and O–H groups in total. The monoisotopic (exact) mass is 371 g/mol. The zero-order valence-corrected chi connectivity index (χ0v) is 15.7. The van der Waals surface area contributed by atoms with Gasteiger partial charge in [0, 0.05) is 6.04 Å². The van der Waals surface area contributed by atoms with Gasteiger partial charge in [-0.1, -0.05) is 23.9 Å². The van der Waals surface area contributed by atoms with Gasteiger partial charge in [-0.3, -0.25) is 4.79 Å². The molecule has 0 saturated carbocycles. The van der Waals surface area contributed by atoms with Crippen LogP contribution in [0.2, 0.25) is 0 Å². The molecule has 1 unspecified atom stereocenters. The lowest BCUT2D eigenvalue weighted by molar-refractivity contribution is -0.119. The average Bonchev–Trinajstić information content (AvgIpc) is 3.31. The average molecular weight is 371 g/mol. The summed E-state index contributed by atoms with van der Waals surface area (Å²) in [6.07, 6.45) is 4.83. The van der Waals surface area contributed by atoms with E-state index in [1.54, 1.807) is 17.3 Å². The first-order valence-electron chi connectivity index (χ1n) is 8.31. The third-order valence-electron chi connectivity index (χ3n) is 3.88. The number of amides is 1. The third kappa shape index (κ3) is 4.29. The summed E-state index contributed by atoms with van der Waals surface area (Å²) < 4.78 is 3.64. The van der Waals surface area contributed by atoms with Crippen LogP contribution in [0, 0.1) is 0 Å². The molecular formula is C17H21N7OS. The number of rotatable bonds is 7. The van der Waals surface area contributed by atoms with Crippen LogP contribution in [-0.2, 0) is 4.79 Å². The Hall–Kier alpha value is -2.68. The van der Waals surface area contributed by atoms with Gasteiger partial charge in [-0.05, 0) is 38.5 Å². The molecule has 2 heterocycles. The summed E-state index contributed by atoms with van der Waals surface area (Å²) in [5.41, 5.74) is 1.95. The summed E-state index contributed by atoms with van der Waals surface area (Å²) in [5, 5.41) is 15.8. The van der Waals surface area contributed by atoms with Crippen molar-refractivity contribution in [3.8, 4) is 5.69 Å². The van der Waals surface area contributed by atoms with Gasteiger partial charge in [-0.15, -0.1) is 10.2 Å². The summed E-state index contributed by atoms with van der Waals surface area (Å²) in [4.78, 5) is 16.2. The summed E-state index contributed by atoms with van der Waals surface area (Å²) >= 11 is 1.39. The number of carbonyl (C=O) groups is 1. The van der Waals surface area contributed by atoms with Crippen molar-refractivity contribution in [1.82, 2.24) is 34.8 Å². The van der Waals surface area contributed by atoms with E-state index in [9.17, 15) is 4.79 Å². The molecule has 1 amide bonds. The molecule has 0 saturated heterocycles. The van der Waals surface area contributed by atoms with E-state index in [4.69, 9.17) is 0 Å². The molecular weight excluding hydrogens is 350 g/mol. The van der Waals surface area contributed by atoms with Crippen molar-refractivity contribution in [2.45, 2.75) is 38.0 Å². The van der Waals surface area contributed by atoms with Crippen LogP contribution < -0.4 is 5.32 Å². The fourth-order valence-electron chi connectivity index (χ4n) is 2.44. The Balaban J connectivity index is 1.54. The predicted molar refractivity (Wildman–Crippen MR) is 99.0 cm³/mol.